The maximum Gasteiger partial charge on any atom is 0.249 e. The predicted octanol–water partition coefficient (Wildman–Crippen LogP) is 2.04. The highest BCUT2D eigenvalue weighted by Crippen LogP contribution is 2.31. The van der Waals surface area contributed by atoms with Gasteiger partial charge in [-0.25, -0.2) is 0 Å². The maximum atomic E-state index is 11.4. The first-order valence-electron chi connectivity index (χ1n) is 5.46. The Kier molecular flexibility index (Phi) is 3.19. The number of hydrogen-bond donors (Lipinski definition) is 2. The topological polar surface area (TPSA) is 78.3 Å². The first-order valence-corrected chi connectivity index (χ1v) is 5.46. The molecule has 0 bridgehead atoms. The smallest absolute Gasteiger partial charge is 0.249 e. The zero-order chi connectivity index (χ0) is 13.1. The molecule has 0 unspecified atom stereocenters. The van der Waals surface area contributed by atoms with E-state index < -0.39 is 5.91 Å². The lowest BCUT2D eigenvalue weighted by Crippen LogP contribution is -2.12. The van der Waals surface area contributed by atoms with Crippen molar-refractivity contribution in [3.8, 4) is 16.9 Å². The molecule has 0 aromatic heterocycles. The molecule has 18 heavy (non-hydrogen) atoms. The van der Waals surface area contributed by atoms with Crippen molar-refractivity contribution in [3.63, 3.8) is 0 Å². The zero-order valence-corrected chi connectivity index (χ0v) is 10.0. The van der Waals surface area contributed by atoms with Gasteiger partial charge < -0.3 is 16.2 Å². The molecule has 2 rings (SSSR count). The van der Waals surface area contributed by atoms with Crippen LogP contribution in [0.15, 0.2) is 42.5 Å². The average Bonchev–Trinajstić information content (AvgIpc) is 2.38. The van der Waals surface area contributed by atoms with Crippen molar-refractivity contribution in [2.75, 3.05) is 12.8 Å². The monoisotopic (exact) mass is 242 g/mol. The van der Waals surface area contributed by atoms with Crippen molar-refractivity contribution >= 4 is 11.6 Å². The van der Waals surface area contributed by atoms with Crippen LogP contribution in [0.2, 0.25) is 0 Å². The molecule has 0 atom stereocenters. The van der Waals surface area contributed by atoms with Gasteiger partial charge in [0.15, 0.2) is 0 Å². The molecule has 4 heteroatoms. The highest BCUT2D eigenvalue weighted by Gasteiger charge is 2.13. The van der Waals surface area contributed by atoms with Crippen LogP contribution >= 0.6 is 0 Å². The number of nitrogen functional groups attached to an aromatic ring is 1. The van der Waals surface area contributed by atoms with Crippen LogP contribution in [0, 0.1) is 0 Å². The summed E-state index contributed by atoms with van der Waals surface area (Å²) in [6.45, 7) is 0. The number of carbonyl (C=O) groups is 1. The van der Waals surface area contributed by atoms with Gasteiger partial charge in [0.05, 0.1) is 7.11 Å². The fraction of sp³-hybridized carbons (Fsp3) is 0.0714. The third-order valence-corrected chi connectivity index (χ3v) is 2.74. The number of para-hydroxylation sites is 1. The van der Waals surface area contributed by atoms with Crippen molar-refractivity contribution in [2.24, 2.45) is 5.73 Å². The molecule has 92 valence electrons. The number of hydrogen-bond acceptors (Lipinski definition) is 3. The van der Waals surface area contributed by atoms with E-state index in [1.54, 1.807) is 31.4 Å². The van der Waals surface area contributed by atoms with Gasteiger partial charge in [0.1, 0.15) is 5.75 Å². The number of ether oxygens (including phenoxy) is 1. The number of primary amides is 1. The summed E-state index contributed by atoms with van der Waals surface area (Å²) in [5.41, 5.74) is 13.8. The van der Waals surface area contributed by atoms with E-state index in [-0.39, 0.29) is 0 Å². The van der Waals surface area contributed by atoms with Crippen LogP contribution < -0.4 is 16.2 Å². The Hall–Kier alpha value is -2.49. The molecule has 0 saturated carbocycles. The summed E-state index contributed by atoms with van der Waals surface area (Å²) in [7, 11) is 1.57. The fourth-order valence-corrected chi connectivity index (χ4v) is 1.83. The number of carbonyl (C=O) groups excluding carboxylic acids is 1. The van der Waals surface area contributed by atoms with Crippen LogP contribution in [0.3, 0.4) is 0 Å². The van der Waals surface area contributed by atoms with Crippen LogP contribution in [-0.2, 0) is 0 Å². The molecule has 4 N–H and O–H groups in total. The summed E-state index contributed by atoms with van der Waals surface area (Å²) < 4.78 is 5.16. The number of rotatable bonds is 3. The average molecular weight is 242 g/mol. The maximum absolute atomic E-state index is 11.4. The van der Waals surface area contributed by atoms with Crippen molar-refractivity contribution < 1.29 is 9.53 Å². The van der Waals surface area contributed by atoms with Gasteiger partial charge in [-0.15, -0.1) is 0 Å². The van der Waals surface area contributed by atoms with Crippen LogP contribution in [-0.4, -0.2) is 13.0 Å². The third kappa shape index (κ3) is 2.13. The molecule has 1 amide bonds. The largest absolute Gasteiger partial charge is 0.497 e. The second-order valence-corrected chi connectivity index (χ2v) is 3.86. The normalized spacial score (nSPS) is 10.1. The van der Waals surface area contributed by atoms with Crippen molar-refractivity contribution in [2.45, 2.75) is 0 Å². The fourth-order valence-electron chi connectivity index (χ4n) is 1.83. The van der Waals surface area contributed by atoms with E-state index in [1.165, 1.54) is 0 Å². The summed E-state index contributed by atoms with van der Waals surface area (Å²) in [5.74, 6) is 0.161. The number of methoxy groups -OCH3 is 1. The van der Waals surface area contributed by atoms with Gasteiger partial charge in [-0.05, 0) is 24.3 Å². The van der Waals surface area contributed by atoms with E-state index in [0.717, 1.165) is 5.56 Å². The number of benzene rings is 2. The molecule has 0 heterocycles. The molecular weight excluding hydrogens is 228 g/mol. The molecule has 0 fully saturated rings. The molecule has 0 radical (unpaired) electrons. The lowest BCUT2D eigenvalue weighted by molar-refractivity contribution is 0.100. The SMILES string of the molecule is COc1ccc(C(N)=O)c(-c2ccccc2N)c1. The van der Waals surface area contributed by atoms with E-state index in [1.807, 2.05) is 18.2 Å². The molecule has 2 aromatic rings. The summed E-state index contributed by atoms with van der Waals surface area (Å²) in [5, 5.41) is 0. The third-order valence-electron chi connectivity index (χ3n) is 2.74. The molecule has 0 saturated heterocycles. The molecule has 0 aliphatic heterocycles. The predicted molar refractivity (Wildman–Crippen MR) is 71.4 cm³/mol. The van der Waals surface area contributed by atoms with Crippen LogP contribution in [0.25, 0.3) is 11.1 Å². The molecule has 4 nitrogen and oxygen atoms in total. The van der Waals surface area contributed by atoms with Crippen LogP contribution in [0.5, 0.6) is 5.75 Å². The van der Waals surface area contributed by atoms with E-state index in [9.17, 15) is 4.79 Å². The Bertz CT molecular complexity index is 594. The Labute approximate surface area is 105 Å². The number of nitrogens with two attached hydrogens (primary N) is 2. The number of amides is 1. The Morgan fingerprint density at radius 2 is 1.83 bits per heavy atom. The van der Waals surface area contributed by atoms with E-state index >= 15 is 0 Å². The first kappa shape index (κ1) is 12.0. The van der Waals surface area contributed by atoms with Crippen LogP contribution in [0.1, 0.15) is 10.4 Å². The highest BCUT2D eigenvalue weighted by atomic mass is 16.5. The molecular formula is C14H14N2O2. The summed E-state index contributed by atoms with van der Waals surface area (Å²) >= 11 is 0. The Morgan fingerprint density at radius 3 is 2.44 bits per heavy atom. The minimum atomic E-state index is -0.490. The summed E-state index contributed by atoms with van der Waals surface area (Å²) in [6, 6.07) is 12.4. The molecule has 0 aliphatic carbocycles. The summed E-state index contributed by atoms with van der Waals surface area (Å²) in [6.07, 6.45) is 0. The minimum absolute atomic E-state index is 0.425. The second kappa shape index (κ2) is 4.79. The lowest BCUT2D eigenvalue weighted by atomic mass is 9.97. The Balaban J connectivity index is 2.68. The van der Waals surface area contributed by atoms with Gasteiger partial charge in [0.25, 0.3) is 0 Å². The van der Waals surface area contributed by atoms with Gasteiger partial charge in [0, 0.05) is 22.4 Å². The van der Waals surface area contributed by atoms with Crippen molar-refractivity contribution in [3.05, 3.63) is 48.0 Å². The van der Waals surface area contributed by atoms with Gasteiger partial charge >= 0.3 is 0 Å². The second-order valence-electron chi connectivity index (χ2n) is 3.86. The first-order chi connectivity index (χ1) is 8.63. The zero-order valence-electron chi connectivity index (χ0n) is 10.0. The van der Waals surface area contributed by atoms with E-state index in [4.69, 9.17) is 16.2 Å². The minimum Gasteiger partial charge on any atom is -0.497 e. The highest BCUT2D eigenvalue weighted by molar-refractivity contribution is 6.01. The Morgan fingerprint density at radius 1 is 1.11 bits per heavy atom. The summed E-state index contributed by atoms with van der Waals surface area (Å²) in [4.78, 5) is 11.4. The van der Waals surface area contributed by atoms with Gasteiger partial charge in [-0.1, -0.05) is 18.2 Å². The van der Waals surface area contributed by atoms with Gasteiger partial charge in [-0.2, -0.15) is 0 Å². The van der Waals surface area contributed by atoms with E-state index in [2.05, 4.69) is 0 Å². The molecule has 0 aliphatic rings. The van der Waals surface area contributed by atoms with E-state index in [0.29, 0.717) is 22.6 Å². The van der Waals surface area contributed by atoms with Gasteiger partial charge in [0.2, 0.25) is 5.91 Å². The number of anilines is 1. The molecule has 2 aromatic carbocycles. The van der Waals surface area contributed by atoms with Crippen LogP contribution in [0.4, 0.5) is 5.69 Å². The van der Waals surface area contributed by atoms with Gasteiger partial charge in [-0.3, -0.25) is 4.79 Å². The quantitative estimate of drug-likeness (QED) is 0.808. The van der Waals surface area contributed by atoms with Crippen molar-refractivity contribution in [1.82, 2.24) is 0 Å². The standard InChI is InChI=1S/C14H14N2O2/c1-18-9-6-7-11(14(16)17)12(8-9)10-4-2-3-5-13(10)15/h2-8H,15H2,1H3,(H2,16,17). The lowest BCUT2D eigenvalue weighted by Gasteiger charge is -2.11. The molecule has 0 spiro atoms. The van der Waals surface area contributed by atoms with Crippen molar-refractivity contribution in [1.29, 1.82) is 0 Å².